The molecule has 0 saturated heterocycles. The Labute approximate surface area is 112 Å². The fourth-order valence-corrected chi connectivity index (χ4v) is 1.87. The SMILES string of the molecule is CCOC(=O)c1ccc(C(F)(F)Cl)n2c(C)nnc12. The van der Waals surface area contributed by atoms with Crippen molar-refractivity contribution in [3.05, 3.63) is 29.2 Å². The lowest BCUT2D eigenvalue weighted by atomic mass is 10.2. The average molecular weight is 290 g/mol. The quantitative estimate of drug-likeness (QED) is 0.643. The van der Waals surface area contributed by atoms with Gasteiger partial charge in [-0.3, -0.25) is 4.40 Å². The Bertz CT molecular complexity index is 637. The monoisotopic (exact) mass is 289 g/mol. The van der Waals surface area contributed by atoms with Crippen molar-refractivity contribution >= 4 is 23.2 Å². The van der Waals surface area contributed by atoms with Gasteiger partial charge in [0.1, 0.15) is 17.1 Å². The highest BCUT2D eigenvalue weighted by molar-refractivity contribution is 6.21. The topological polar surface area (TPSA) is 56.5 Å². The highest BCUT2D eigenvalue weighted by Gasteiger charge is 2.33. The smallest absolute Gasteiger partial charge is 0.363 e. The summed E-state index contributed by atoms with van der Waals surface area (Å²) in [5.41, 5.74) is -0.444. The van der Waals surface area contributed by atoms with Gasteiger partial charge in [0.2, 0.25) is 0 Å². The Balaban J connectivity index is 2.70. The minimum absolute atomic E-state index is 0.00576. The van der Waals surface area contributed by atoms with Crippen LogP contribution in [-0.2, 0) is 10.1 Å². The second kappa shape index (κ2) is 4.73. The zero-order valence-corrected chi connectivity index (χ0v) is 10.9. The Morgan fingerprint density at radius 3 is 2.74 bits per heavy atom. The summed E-state index contributed by atoms with van der Waals surface area (Å²) in [6, 6.07) is 2.26. The number of fused-ring (bicyclic) bond motifs is 1. The minimum atomic E-state index is -3.58. The molecule has 0 atom stereocenters. The summed E-state index contributed by atoms with van der Waals surface area (Å²) in [7, 11) is 0. The number of pyridine rings is 1. The molecule has 0 bridgehead atoms. The molecule has 2 rings (SSSR count). The first-order valence-electron chi connectivity index (χ1n) is 5.45. The molecule has 2 heterocycles. The molecule has 0 aliphatic rings. The van der Waals surface area contributed by atoms with Crippen molar-refractivity contribution < 1.29 is 18.3 Å². The molecule has 0 N–H and O–H groups in total. The van der Waals surface area contributed by atoms with Crippen molar-refractivity contribution in [1.82, 2.24) is 14.6 Å². The molecule has 8 heteroatoms. The van der Waals surface area contributed by atoms with E-state index in [2.05, 4.69) is 10.2 Å². The first-order valence-corrected chi connectivity index (χ1v) is 5.83. The number of halogens is 3. The minimum Gasteiger partial charge on any atom is -0.462 e. The van der Waals surface area contributed by atoms with Crippen LogP contribution >= 0.6 is 11.6 Å². The van der Waals surface area contributed by atoms with Gasteiger partial charge in [-0.05, 0) is 37.6 Å². The van der Waals surface area contributed by atoms with E-state index < -0.39 is 17.0 Å². The van der Waals surface area contributed by atoms with Gasteiger partial charge in [0.25, 0.3) is 0 Å². The number of carbonyl (C=O) groups is 1. The van der Waals surface area contributed by atoms with Crippen molar-refractivity contribution in [2.75, 3.05) is 6.61 Å². The number of hydrogen-bond donors (Lipinski definition) is 0. The van der Waals surface area contributed by atoms with Crippen LogP contribution in [0.1, 0.15) is 28.8 Å². The summed E-state index contributed by atoms with van der Waals surface area (Å²) in [5, 5.41) is 3.82. The second-order valence-electron chi connectivity index (χ2n) is 3.76. The zero-order chi connectivity index (χ0) is 14.2. The van der Waals surface area contributed by atoms with E-state index in [0.29, 0.717) is 0 Å². The second-order valence-corrected chi connectivity index (χ2v) is 4.23. The van der Waals surface area contributed by atoms with E-state index in [1.54, 1.807) is 6.92 Å². The summed E-state index contributed by atoms with van der Waals surface area (Å²) in [6.45, 7) is 3.30. The summed E-state index contributed by atoms with van der Waals surface area (Å²) in [6.07, 6.45) is 0. The maximum atomic E-state index is 13.3. The fourth-order valence-electron chi connectivity index (χ4n) is 1.73. The lowest BCUT2D eigenvalue weighted by molar-refractivity contribution is 0.0526. The van der Waals surface area contributed by atoms with E-state index in [4.69, 9.17) is 16.3 Å². The molecule has 19 heavy (non-hydrogen) atoms. The van der Waals surface area contributed by atoms with E-state index in [1.807, 2.05) is 0 Å². The lowest BCUT2D eigenvalue weighted by Crippen LogP contribution is -2.14. The van der Waals surface area contributed by atoms with Gasteiger partial charge in [0, 0.05) is 0 Å². The van der Waals surface area contributed by atoms with Crippen LogP contribution < -0.4 is 0 Å². The van der Waals surface area contributed by atoms with Crippen molar-refractivity contribution in [2.45, 2.75) is 19.2 Å². The maximum Gasteiger partial charge on any atom is 0.363 e. The molecule has 0 radical (unpaired) electrons. The molecule has 5 nitrogen and oxygen atoms in total. The van der Waals surface area contributed by atoms with Gasteiger partial charge in [0.15, 0.2) is 5.65 Å². The molecule has 0 saturated carbocycles. The average Bonchev–Trinajstić information content (AvgIpc) is 2.70. The standard InChI is InChI=1S/C11H10ClF2N3O2/c1-3-19-10(18)7-4-5-8(11(12,13)14)17-6(2)15-16-9(7)17/h4-5H,3H2,1-2H3. The summed E-state index contributed by atoms with van der Waals surface area (Å²) in [4.78, 5) is 11.7. The van der Waals surface area contributed by atoms with E-state index in [1.165, 1.54) is 13.0 Å². The molecule has 0 aliphatic heterocycles. The third-order valence-corrected chi connectivity index (χ3v) is 2.69. The van der Waals surface area contributed by atoms with Gasteiger partial charge in [-0.1, -0.05) is 0 Å². The van der Waals surface area contributed by atoms with Crippen LogP contribution in [0.15, 0.2) is 12.1 Å². The number of esters is 1. The van der Waals surface area contributed by atoms with Gasteiger partial charge >= 0.3 is 11.4 Å². The number of hydrogen-bond acceptors (Lipinski definition) is 4. The number of aryl methyl sites for hydroxylation is 1. The Morgan fingerprint density at radius 2 is 2.16 bits per heavy atom. The van der Waals surface area contributed by atoms with Crippen molar-refractivity contribution in [2.24, 2.45) is 0 Å². The maximum absolute atomic E-state index is 13.3. The molecule has 2 aromatic rings. The normalized spacial score (nSPS) is 11.8. The van der Waals surface area contributed by atoms with E-state index >= 15 is 0 Å². The number of ether oxygens (including phenoxy) is 1. The Morgan fingerprint density at radius 1 is 1.47 bits per heavy atom. The van der Waals surface area contributed by atoms with Crippen LogP contribution in [0.2, 0.25) is 0 Å². The van der Waals surface area contributed by atoms with Crippen LogP contribution in [0.4, 0.5) is 8.78 Å². The third kappa shape index (κ3) is 2.37. The van der Waals surface area contributed by atoms with Crippen molar-refractivity contribution in [1.29, 1.82) is 0 Å². The highest BCUT2D eigenvalue weighted by Crippen LogP contribution is 2.33. The lowest BCUT2D eigenvalue weighted by Gasteiger charge is -2.12. The van der Waals surface area contributed by atoms with Crippen LogP contribution in [0.3, 0.4) is 0 Å². The first kappa shape index (κ1) is 13.7. The van der Waals surface area contributed by atoms with E-state index in [9.17, 15) is 13.6 Å². The van der Waals surface area contributed by atoms with Crippen LogP contribution in [-0.4, -0.2) is 27.2 Å². The number of carbonyl (C=O) groups excluding carboxylic acids is 1. The predicted molar refractivity (Wildman–Crippen MR) is 63.4 cm³/mol. The van der Waals surface area contributed by atoms with Gasteiger partial charge in [-0.25, -0.2) is 4.79 Å². The van der Waals surface area contributed by atoms with Crippen LogP contribution in [0.5, 0.6) is 0 Å². The highest BCUT2D eigenvalue weighted by atomic mass is 35.5. The van der Waals surface area contributed by atoms with Crippen molar-refractivity contribution in [3.63, 3.8) is 0 Å². The van der Waals surface area contributed by atoms with E-state index in [-0.39, 0.29) is 23.6 Å². The molecule has 0 amide bonds. The summed E-state index contributed by atoms with van der Waals surface area (Å²) >= 11 is 5.03. The zero-order valence-electron chi connectivity index (χ0n) is 10.2. The molecular weight excluding hydrogens is 280 g/mol. The molecular formula is C11H10ClF2N3O2. The summed E-state index contributed by atoms with van der Waals surface area (Å²) < 4.78 is 32.5. The van der Waals surface area contributed by atoms with Gasteiger partial charge < -0.3 is 4.74 Å². The van der Waals surface area contributed by atoms with E-state index in [0.717, 1.165) is 10.5 Å². The van der Waals surface area contributed by atoms with Gasteiger partial charge in [-0.2, -0.15) is 8.78 Å². The fraction of sp³-hybridized carbons (Fsp3) is 0.364. The number of alkyl halides is 3. The number of nitrogens with zero attached hydrogens (tertiary/aromatic N) is 3. The Hall–Kier alpha value is -1.76. The van der Waals surface area contributed by atoms with Crippen LogP contribution in [0.25, 0.3) is 5.65 Å². The Kier molecular flexibility index (Phi) is 3.40. The molecule has 0 spiro atoms. The molecule has 0 aliphatic carbocycles. The van der Waals surface area contributed by atoms with Crippen molar-refractivity contribution in [3.8, 4) is 0 Å². The molecule has 0 fully saturated rings. The largest absolute Gasteiger partial charge is 0.462 e. The molecule has 0 aromatic carbocycles. The molecule has 0 unspecified atom stereocenters. The van der Waals surface area contributed by atoms with Crippen LogP contribution in [0, 0.1) is 6.92 Å². The van der Waals surface area contributed by atoms with Gasteiger partial charge in [-0.15, -0.1) is 10.2 Å². The number of rotatable bonds is 3. The number of aromatic nitrogens is 3. The molecule has 2 aromatic heterocycles. The third-order valence-electron chi connectivity index (χ3n) is 2.50. The first-order chi connectivity index (χ1) is 8.86. The molecule has 102 valence electrons. The predicted octanol–water partition coefficient (Wildman–Crippen LogP) is 2.50. The van der Waals surface area contributed by atoms with Gasteiger partial charge in [0.05, 0.1) is 6.61 Å². The summed E-state index contributed by atoms with van der Waals surface area (Å²) in [5.74, 6) is -0.444.